The molecule has 6 rings (SSSR count). The zero-order valence-electron chi connectivity index (χ0n) is 19.0. The Morgan fingerprint density at radius 3 is 2.43 bits per heavy atom. The van der Waals surface area contributed by atoms with Crippen LogP contribution in [0.15, 0.2) is 96.7 Å². The Morgan fingerprint density at radius 2 is 1.66 bits per heavy atom. The van der Waals surface area contributed by atoms with Crippen LogP contribution in [-0.4, -0.2) is 34.2 Å². The molecule has 172 valence electrons. The van der Waals surface area contributed by atoms with Crippen LogP contribution in [0.3, 0.4) is 0 Å². The average Bonchev–Trinajstić information content (AvgIpc) is 3.64. The van der Waals surface area contributed by atoms with Crippen molar-refractivity contribution >= 4 is 30.9 Å². The van der Waals surface area contributed by atoms with Crippen LogP contribution in [0.2, 0.25) is 0 Å². The molecule has 2 aliphatic heterocycles. The van der Waals surface area contributed by atoms with Crippen molar-refractivity contribution in [2.75, 3.05) is 7.11 Å². The maximum atomic E-state index is 15.9. The molecule has 0 unspecified atom stereocenters. The first-order valence-electron chi connectivity index (χ1n) is 11.4. The summed E-state index contributed by atoms with van der Waals surface area (Å²) >= 11 is 0. The van der Waals surface area contributed by atoms with E-state index in [-0.39, 0.29) is 0 Å². The zero-order valence-corrected chi connectivity index (χ0v) is 19.0. The number of aromatic nitrogens is 2. The van der Waals surface area contributed by atoms with Gasteiger partial charge in [-0.2, -0.15) is 0 Å². The lowest BCUT2D eigenvalue weighted by atomic mass is 9.86. The number of methoxy groups -OCH3 is 1. The SMILES string of the molecule is COc1ccc(/C=C/c2ccc(-c3ccc4n3[B-](F)(F)[N+]3=CC=CC3=C4c3ccccc3)[nH]2)cc1. The van der Waals surface area contributed by atoms with Crippen LogP contribution in [0.5, 0.6) is 5.75 Å². The summed E-state index contributed by atoms with van der Waals surface area (Å²) in [5.74, 6) is 0.794. The van der Waals surface area contributed by atoms with Crippen LogP contribution in [0.4, 0.5) is 8.63 Å². The van der Waals surface area contributed by atoms with Crippen LogP contribution in [0.25, 0.3) is 29.1 Å². The first-order chi connectivity index (χ1) is 17.1. The van der Waals surface area contributed by atoms with E-state index in [9.17, 15) is 0 Å². The topological polar surface area (TPSA) is 33.0 Å². The van der Waals surface area contributed by atoms with E-state index >= 15 is 8.63 Å². The third-order valence-electron chi connectivity index (χ3n) is 6.47. The predicted octanol–water partition coefficient (Wildman–Crippen LogP) is 6.31. The Balaban J connectivity index is 1.40. The van der Waals surface area contributed by atoms with Gasteiger partial charge < -0.3 is 27.3 Å². The van der Waals surface area contributed by atoms with Gasteiger partial charge in [0.15, 0.2) is 5.70 Å². The van der Waals surface area contributed by atoms with Gasteiger partial charge in [0.05, 0.1) is 18.4 Å². The second-order valence-electron chi connectivity index (χ2n) is 8.54. The molecule has 2 aromatic carbocycles. The third kappa shape index (κ3) is 3.48. The van der Waals surface area contributed by atoms with E-state index in [1.54, 1.807) is 31.4 Å². The highest BCUT2D eigenvalue weighted by atomic mass is 19.2. The Hall–Kier alpha value is -4.39. The number of nitrogens with one attached hydrogen (secondary N) is 1. The standard InChI is InChI=1S/C28H22BF2N3O/c1-35-23-14-10-20(11-15-23)9-12-22-13-16-24(32-22)25-17-18-27-28(21-6-3-2-4-7-21)26-8-5-19-33(26)29(30,31)34(25)27/h2-19,32H,1H3/b12-9+. The highest BCUT2D eigenvalue weighted by Crippen LogP contribution is 2.41. The van der Waals surface area contributed by atoms with E-state index < -0.39 is 6.97 Å². The van der Waals surface area contributed by atoms with Crippen LogP contribution in [-0.2, 0) is 0 Å². The van der Waals surface area contributed by atoms with Crippen molar-refractivity contribution in [3.05, 3.63) is 119 Å². The molecule has 7 heteroatoms. The number of benzene rings is 2. The molecule has 0 amide bonds. The number of hydrogen-bond donors (Lipinski definition) is 1. The van der Waals surface area contributed by atoms with Gasteiger partial charge in [0.2, 0.25) is 0 Å². The minimum atomic E-state index is -4.06. The molecule has 0 radical (unpaired) electrons. The van der Waals surface area contributed by atoms with Gasteiger partial charge in [0, 0.05) is 29.2 Å². The lowest BCUT2D eigenvalue weighted by molar-refractivity contribution is -0.356. The second kappa shape index (κ2) is 8.13. The molecule has 35 heavy (non-hydrogen) atoms. The van der Waals surface area contributed by atoms with Crippen molar-refractivity contribution in [3.63, 3.8) is 0 Å². The molecule has 2 aromatic heterocycles. The van der Waals surface area contributed by atoms with Gasteiger partial charge in [0.1, 0.15) is 12.0 Å². The summed E-state index contributed by atoms with van der Waals surface area (Å²) in [5, 5.41) is 0. The van der Waals surface area contributed by atoms with Crippen LogP contribution in [0.1, 0.15) is 22.5 Å². The van der Waals surface area contributed by atoms with Crippen molar-refractivity contribution in [1.29, 1.82) is 0 Å². The molecule has 0 atom stereocenters. The van der Waals surface area contributed by atoms with Gasteiger partial charge in [-0.15, -0.1) is 0 Å². The van der Waals surface area contributed by atoms with Gasteiger partial charge in [-0.05, 0) is 53.6 Å². The summed E-state index contributed by atoms with van der Waals surface area (Å²) in [6.45, 7) is -4.06. The minimum Gasteiger partial charge on any atom is -0.497 e. The molecule has 2 aliphatic rings. The number of H-pyrrole nitrogens is 1. The highest BCUT2D eigenvalue weighted by Gasteiger charge is 2.52. The number of aromatic amines is 1. The van der Waals surface area contributed by atoms with Crippen molar-refractivity contribution < 1.29 is 17.9 Å². The molecule has 0 aliphatic carbocycles. The van der Waals surface area contributed by atoms with E-state index in [2.05, 4.69) is 4.98 Å². The Bertz CT molecular complexity index is 1540. The van der Waals surface area contributed by atoms with Gasteiger partial charge in [-0.3, -0.25) is 0 Å². The molecular formula is C28H22BF2N3O. The Labute approximate surface area is 201 Å². The zero-order chi connectivity index (χ0) is 24.0. The number of nitrogens with zero attached hydrogens (tertiary/aromatic N) is 2. The predicted molar refractivity (Wildman–Crippen MR) is 137 cm³/mol. The molecule has 0 saturated heterocycles. The van der Waals surface area contributed by atoms with Crippen LogP contribution in [0, 0.1) is 0 Å². The molecule has 0 saturated carbocycles. The summed E-state index contributed by atoms with van der Waals surface area (Å²) < 4.78 is 39.2. The summed E-state index contributed by atoms with van der Waals surface area (Å²) in [6, 6.07) is 24.7. The number of hydrogen-bond acceptors (Lipinski definition) is 1. The normalized spacial score (nSPS) is 15.9. The van der Waals surface area contributed by atoms with Gasteiger partial charge in [0.25, 0.3) is 0 Å². The molecule has 0 fully saturated rings. The Morgan fingerprint density at radius 1 is 0.886 bits per heavy atom. The summed E-state index contributed by atoms with van der Waals surface area (Å²) in [7, 11) is 1.63. The summed E-state index contributed by atoms with van der Waals surface area (Å²) in [4.78, 5) is 3.29. The third-order valence-corrected chi connectivity index (χ3v) is 6.47. The van der Waals surface area contributed by atoms with Crippen molar-refractivity contribution in [1.82, 2.24) is 9.46 Å². The molecule has 4 nitrogen and oxygen atoms in total. The second-order valence-corrected chi connectivity index (χ2v) is 8.54. The van der Waals surface area contributed by atoms with E-state index in [0.29, 0.717) is 22.8 Å². The number of ether oxygens (including phenoxy) is 1. The molecule has 4 aromatic rings. The molecule has 1 N–H and O–H groups in total. The molecule has 0 bridgehead atoms. The van der Waals surface area contributed by atoms with Gasteiger partial charge in [-0.1, -0.05) is 48.5 Å². The molecule has 4 heterocycles. The number of allylic oxidation sites excluding steroid dienone is 2. The van der Waals surface area contributed by atoms with E-state index in [0.717, 1.165) is 32.6 Å². The van der Waals surface area contributed by atoms with Crippen LogP contribution < -0.4 is 4.74 Å². The quantitative estimate of drug-likeness (QED) is 0.344. The fourth-order valence-corrected chi connectivity index (χ4v) is 4.80. The highest BCUT2D eigenvalue weighted by molar-refractivity contribution is 6.58. The van der Waals surface area contributed by atoms with E-state index in [4.69, 9.17) is 4.74 Å². The van der Waals surface area contributed by atoms with Crippen LogP contribution >= 0.6 is 0 Å². The van der Waals surface area contributed by atoms with Crippen molar-refractivity contribution in [2.45, 2.75) is 0 Å². The lowest BCUT2D eigenvalue weighted by Crippen LogP contribution is -2.49. The summed E-state index contributed by atoms with van der Waals surface area (Å²) in [5.41, 5.74) is 5.64. The van der Waals surface area contributed by atoms with E-state index in [1.165, 1.54) is 10.7 Å². The number of rotatable bonds is 5. The fourth-order valence-electron chi connectivity index (χ4n) is 4.80. The van der Waals surface area contributed by atoms with E-state index in [1.807, 2.05) is 78.9 Å². The number of halogens is 2. The van der Waals surface area contributed by atoms with Gasteiger partial charge in [-0.25, -0.2) is 0 Å². The Kier molecular flexibility index (Phi) is 4.92. The first kappa shape index (κ1) is 21.2. The fraction of sp³-hybridized carbons (Fsp3) is 0.0357. The largest absolute Gasteiger partial charge is 0.737 e. The monoisotopic (exact) mass is 465 g/mol. The summed E-state index contributed by atoms with van der Waals surface area (Å²) in [6.07, 6.45) is 8.79. The number of fused-ring (bicyclic) bond motifs is 2. The first-order valence-corrected chi connectivity index (χ1v) is 11.4. The molecule has 0 spiro atoms. The van der Waals surface area contributed by atoms with Gasteiger partial charge >= 0.3 is 6.97 Å². The maximum Gasteiger partial charge on any atom is 0.737 e. The molecular weight excluding hydrogens is 443 g/mol. The van der Waals surface area contributed by atoms with Crippen molar-refractivity contribution in [2.24, 2.45) is 0 Å². The minimum absolute atomic E-state index is 0.446. The smallest absolute Gasteiger partial charge is 0.497 e. The lowest BCUT2D eigenvalue weighted by Gasteiger charge is -2.32. The average molecular weight is 465 g/mol. The maximum absolute atomic E-state index is 15.9. The van der Waals surface area contributed by atoms with Crippen molar-refractivity contribution in [3.8, 4) is 17.1 Å².